The van der Waals surface area contributed by atoms with E-state index in [1.165, 1.54) is 12.8 Å². The van der Waals surface area contributed by atoms with Crippen LogP contribution in [0.5, 0.6) is 0 Å². The Morgan fingerprint density at radius 3 is 2.45 bits per heavy atom. The monoisotopic (exact) mass is 303 g/mol. The number of rotatable bonds is 4. The van der Waals surface area contributed by atoms with Crippen LogP contribution in [0.4, 0.5) is 5.69 Å². The molecule has 0 bridgehead atoms. The van der Waals surface area contributed by atoms with Gasteiger partial charge in [0.05, 0.1) is 6.54 Å². The molecule has 1 fully saturated rings. The molecular weight excluding hydrogens is 278 g/mol. The van der Waals surface area contributed by atoms with Crippen LogP contribution in [0.1, 0.15) is 36.0 Å². The highest BCUT2D eigenvalue weighted by atomic mass is 16.2. The molecule has 0 saturated carbocycles. The third-order valence-corrected chi connectivity index (χ3v) is 3.95. The van der Waals surface area contributed by atoms with Crippen molar-refractivity contribution in [3.63, 3.8) is 0 Å². The first-order valence-corrected chi connectivity index (χ1v) is 7.91. The van der Waals surface area contributed by atoms with Crippen molar-refractivity contribution in [3.8, 4) is 0 Å². The van der Waals surface area contributed by atoms with Crippen molar-refractivity contribution >= 4 is 17.5 Å². The van der Waals surface area contributed by atoms with Gasteiger partial charge in [0.25, 0.3) is 5.91 Å². The zero-order chi connectivity index (χ0) is 15.9. The predicted octanol–water partition coefficient (Wildman–Crippen LogP) is 2.20. The minimum absolute atomic E-state index is 0.00393. The molecule has 0 radical (unpaired) electrons. The predicted molar refractivity (Wildman–Crippen MR) is 88.0 cm³/mol. The van der Waals surface area contributed by atoms with E-state index >= 15 is 0 Å². The Labute approximate surface area is 132 Å². The topological polar surface area (TPSA) is 52.7 Å². The van der Waals surface area contributed by atoms with Gasteiger partial charge < -0.3 is 15.1 Å². The van der Waals surface area contributed by atoms with Gasteiger partial charge in [0.2, 0.25) is 5.91 Å². The average molecular weight is 303 g/mol. The van der Waals surface area contributed by atoms with Gasteiger partial charge in [0, 0.05) is 38.4 Å². The van der Waals surface area contributed by atoms with Crippen molar-refractivity contribution in [2.24, 2.45) is 0 Å². The van der Waals surface area contributed by atoms with Crippen LogP contribution in [0.25, 0.3) is 0 Å². The number of carbonyl (C=O) groups excluding carboxylic acids is 2. The van der Waals surface area contributed by atoms with Crippen LogP contribution >= 0.6 is 0 Å². The van der Waals surface area contributed by atoms with E-state index in [1.54, 1.807) is 19.0 Å². The third kappa shape index (κ3) is 4.48. The van der Waals surface area contributed by atoms with E-state index in [-0.39, 0.29) is 18.4 Å². The van der Waals surface area contributed by atoms with E-state index in [4.69, 9.17) is 0 Å². The number of carbonyl (C=O) groups is 2. The van der Waals surface area contributed by atoms with Gasteiger partial charge in [-0.15, -0.1) is 0 Å². The Kier molecular flexibility index (Phi) is 5.81. The molecule has 1 aromatic carbocycles. The summed E-state index contributed by atoms with van der Waals surface area (Å²) in [7, 11) is 3.45. The van der Waals surface area contributed by atoms with E-state index < -0.39 is 0 Å². The second kappa shape index (κ2) is 7.82. The smallest absolute Gasteiger partial charge is 0.253 e. The number of likely N-dealkylation sites (N-methyl/N-ethyl adjacent to an activating group) is 1. The lowest BCUT2D eigenvalue weighted by molar-refractivity contribution is -0.126. The molecule has 0 aromatic heterocycles. The number of nitrogens with zero attached hydrogens (tertiary/aromatic N) is 2. The van der Waals surface area contributed by atoms with Crippen molar-refractivity contribution in [2.45, 2.75) is 25.7 Å². The standard InChI is InChI=1S/C17H25N3O2/c1-19(2)16(21)13-18-15-9-7-8-14(12-15)17(22)20-10-5-3-4-6-11-20/h7-9,12,18H,3-6,10-11,13H2,1-2H3. The highest BCUT2D eigenvalue weighted by molar-refractivity contribution is 5.95. The normalized spacial score (nSPS) is 15.1. The lowest BCUT2D eigenvalue weighted by Crippen LogP contribution is -2.32. The maximum Gasteiger partial charge on any atom is 0.253 e. The molecule has 2 rings (SSSR count). The fourth-order valence-corrected chi connectivity index (χ4v) is 2.55. The molecule has 0 aliphatic carbocycles. The second-order valence-electron chi connectivity index (χ2n) is 5.93. The lowest BCUT2D eigenvalue weighted by Gasteiger charge is -2.20. The summed E-state index contributed by atoms with van der Waals surface area (Å²) in [6, 6.07) is 7.40. The largest absolute Gasteiger partial charge is 0.376 e. The van der Waals surface area contributed by atoms with Crippen LogP contribution in [0, 0.1) is 0 Å². The fraction of sp³-hybridized carbons (Fsp3) is 0.529. The Hall–Kier alpha value is -2.04. The van der Waals surface area contributed by atoms with E-state index in [2.05, 4.69) is 5.32 Å². The molecule has 5 heteroatoms. The van der Waals surface area contributed by atoms with Crippen LogP contribution < -0.4 is 5.32 Å². The van der Waals surface area contributed by atoms with Crippen molar-refractivity contribution in [1.29, 1.82) is 0 Å². The Morgan fingerprint density at radius 1 is 1.14 bits per heavy atom. The van der Waals surface area contributed by atoms with Gasteiger partial charge >= 0.3 is 0 Å². The summed E-state index contributed by atoms with van der Waals surface area (Å²) in [5, 5.41) is 3.07. The average Bonchev–Trinajstić information content (AvgIpc) is 2.81. The number of likely N-dealkylation sites (tertiary alicyclic amines) is 1. The molecular formula is C17H25N3O2. The van der Waals surface area contributed by atoms with Gasteiger partial charge in [-0.25, -0.2) is 0 Å². The van der Waals surface area contributed by atoms with E-state index in [9.17, 15) is 9.59 Å². The molecule has 1 aromatic rings. The zero-order valence-corrected chi connectivity index (χ0v) is 13.5. The number of anilines is 1. The minimum Gasteiger partial charge on any atom is -0.376 e. The molecule has 1 aliphatic rings. The van der Waals surface area contributed by atoms with Gasteiger partial charge in [-0.05, 0) is 31.0 Å². The van der Waals surface area contributed by atoms with Gasteiger partial charge in [0.1, 0.15) is 0 Å². The molecule has 0 atom stereocenters. The number of benzene rings is 1. The Bertz CT molecular complexity index is 520. The van der Waals surface area contributed by atoms with Crippen LogP contribution in [-0.4, -0.2) is 55.3 Å². The van der Waals surface area contributed by atoms with Crippen LogP contribution in [0.3, 0.4) is 0 Å². The van der Waals surface area contributed by atoms with Gasteiger partial charge in [-0.1, -0.05) is 18.9 Å². The first-order chi connectivity index (χ1) is 10.6. The summed E-state index contributed by atoms with van der Waals surface area (Å²) in [6.45, 7) is 1.92. The van der Waals surface area contributed by atoms with Gasteiger partial charge in [0.15, 0.2) is 0 Å². The van der Waals surface area contributed by atoms with E-state index in [1.807, 2.05) is 29.2 Å². The molecule has 1 N–H and O–H groups in total. The first kappa shape index (κ1) is 16.3. The highest BCUT2D eigenvalue weighted by Gasteiger charge is 2.17. The molecule has 120 valence electrons. The number of hydrogen-bond donors (Lipinski definition) is 1. The molecule has 1 heterocycles. The van der Waals surface area contributed by atoms with Crippen molar-refractivity contribution < 1.29 is 9.59 Å². The van der Waals surface area contributed by atoms with Crippen LogP contribution in [0.15, 0.2) is 24.3 Å². The molecule has 5 nitrogen and oxygen atoms in total. The molecule has 0 spiro atoms. The zero-order valence-electron chi connectivity index (χ0n) is 13.5. The Balaban J connectivity index is 2.00. The molecule has 1 aliphatic heterocycles. The third-order valence-electron chi connectivity index (χ3n) is 3.95. The summed E-state index contributed by atoms with van der Waals surface area (Å²) in [5.74, 6) is 0.0914. The number of nitrogens with one attached hydrogen (secondary N) is 1. The Morgan fingerprint density at radius 2 is 1.82 bits per heavy atom. The van der Waals surface area contributed by atoms with Crippen molar-refractivity contribution in [1.82, 2.24) is 9.80 Å². The highest BCUT2D eigenvalue weighted by Crippen LogP contribution is 2.16. The number of hydrogen-bond acceptors (Lipinski definition) is 3. The molecule has 2 amide bonds. The van der Waals surface area contributed by atoms with E-state index in [0.29, 0.717) is 5.56 Å². The molecule has 0 unspecified atom stereocenters. The summed E-state index contributed by atoms with van der Waals surface area (Å²) >= 11 is 0. The first-order valence-electron chi connectivity index (χ1n) is 7.91. The van der Waals surface area contributed by atoms with Crippen molar-refractivity contribution in [3.05, 3.63) is 29.8 Å². The SMILES string of the molecule is CN(C)C(=O)CNc1cccc(C(=O)N2CCCCCC2)c1. The molecule has 22 heavy (non-hydrogen) atoms. The summed E-state index contributed by atoms with van der Waals surface area (Å²) in [5.41, 5.74) is 1.49. The lowest BCUT2D eigenvalue weighted by atomic mass is 10.1. The molecule has 1 saturated heterocycles. The fourth-order valence-electron chi connectivity index (χ4n) is 2.55. The van der Waals surface area contributed by atoms with Crippen molar-refractivity contribution in [2.75, 3.05) is 39.0 Å². The van der Waals surface area contributed by atoms with Gasteiger partial charge in [-0.3, -0.25) is 9.59 Å². The quantitative estimate of drug-likeness (QED) is 0.928. The van der Waals surface area contributed by atoms with Crippen LogP contribution in [-0.2, 0) is 4.79 Å². The van der Waals surface area contributed by atoms with Crippen LogP contribution in [0.2, 0.25) is 0 Å². The van der Waals surface area contributed by atoms with E-state index in [0.717, 1.165) is 31.6 Å². The summed E-state index contributed by atoms with van der Waals surface area (Å²) < 4.78 is 0. The maximum absolute atomic E-state index is 12.6. The van der Waals surface area contributed by atoms with Gasteiger partial charge in [-0.2, -0.15) is 0 Å². The second-order valence-corrected chi connectivity index (χ2v) is 5.93. The number of amides is 2. The maximum atomic E-state index is 12.6. The summed E-state index contributed by atoms with van der Waals surface area (Å²) in [4.78, 5) is 27.7. The minimum atomic E-state index is 0.00393. The summed E-state index contributed by atoms with van der Waals surface area (Å²) in [6.07, 6.45) is 4.58.